The molecule has 0 fully saturated rings. The number of ether oxygens (including phenoxy) is 2. The fourth-order valence-electron chi connectivity index (χ4n) is 2.86. The van der Waals surface area contributed by atoms with Gasteiger partial charge >= 0.3 is 0 Å². The Morgan fingerprint density at radius 3 is 2.58 bits per heavy atom. The second kappa shape index (κ2) is 8.38. The first-order valence-electron chi connectivity index (χ1n) is 8.21. The monoisotopic (exact) mass is 347 g/mol. The molecule has 1 aliphatic heterocycles. The van der Waals surface area contributed by atoms with Gasteiger partial charge in [0, 0.05) is 19.6 Å². The maximum absolute atomic E-state index is 9.35. The minimum atomic E-state index is 0.132. The molecule has 0 amide bonds. The van der Waals surface area contributed by atoms with Gasteiger partial charge in [-0.2, -0.15) is 0 Å². The van der Waals surface area contributed by atoms with Crippen molar-refractivity contribution < 1.29 is 14.6 Å². The topological polar surface area (TPSA) is 41.9 Å². The summed E-state index contributed by atoms with van der Waals surface area (Å²) >= 11 is 6.31. The van der Waals surface area contributed by atoms with E-state index in [9.17, 15) is 5.11 Å². The maximum Gasteiger partial charge on any atom is 0.179 e. The number of rotatable bonds is 7. The molecule has 0 saturated heterocycles. The Labute approximate surface area is 147 Å². The summed E-state index contributed by atoms with van der Waals surface area (Å²) in [4.78, 5) is 2.22. The molecule has 0 radical (unpaired) electrons. The number of benzene rings is 2. The lowest BCUT2D eigenvalue weighted by Gasteiger charge is -2.24. The van der Waals surface area contributed by atoms with E-state index < -0.39 is 0 Å². The van der Waals surface area contributed by atoms with Crippen molar-refractivity contribution in [2.24, 2.45) is 0 Å². The first kappa shape index (κ1) is 17.1. The van der Waals surface area contributed by atoms with E-state index in [1.807, 2.05) is 30.3 Å². The average Bonchev–Trinajstić information content (AvgIpc) is 2.61. The van der Waals surface area contributed by atoms with Crippen molar-refractivity contribution in [1.82, 2.24) is 4.90 Å². The van der Waals surface area contributed by atoms with Crippen LogP contribution in [-0.2, 0) is 13.0 Å². The minimum Gasteiger partial charge on any atom is -0.486 e. The Hall–Kier alpha value is -1.75. The SMILES string of the molecule is OCCN(CCc1ccccc1)Cc1cc(Cl)c2c(c1)OCCO2. The second-order valence-electron chi connectivity index (χ2n) is 5.84. The molecule has 2 aromatic carbocycles. The van der Waals surface area contributed by atoms with Crippen LogP contribution >= 0.6 is 11.6 Å². The number of aliphatic hydroxyl groups excluding tert-OH is 1. The Balaban J connectivity index is 1.67. The van der Waals surface area contributed by atoms with Gasteiger partial charge in [0.2, 0.25) is 0 Å². The molecule has 1 aliphatic rings. The van der Waals surface area contributed by atoms with Crippen LogP contribution in [0.5, 0.6) is 11.5 Å². The van der Waals surface area contributed by atoms with Crippen molar-refractivity contribution in [3.05, 3.63) is 58.6 Å². The van der Waals surface area contributed by atoms with Crippen LogP contribution in [0, 0.1) is 0 Å². The molecule has 0 spiro atoms. The first-order chi connectivity index (χ1) is 11.8. The van der Waals surface area contributed by atoms with Gasteiger partial charge in [0.1, 0.15) is 13.2 Å². The summed E-state index contributed by atoms with van der Waals surface area (Å²) < 4.78 is 11.2. The normalized spacial score (nSPS) is 13.3. The molecule has 0 atom stereocenters. The third-order valence-corrected chi connectivity index (χ3v) is 4.32. The zero-order valence-corrected chi connectivity index (χ0v) is 14.3. The molecule has 128 valence electrons. The highest BCUT2D eigenvalue weighted by molar-refractivity contribution is 6.32. The molecule has 0 unspecified atom stereocenters. The molecule has 24 heavy (non-hydrogen) atoms. The summed E-state index contributed by atoms with van der Waals surface area (Å²) in [6.07, 6.45) is 0.944. The zero-order valence-electron chi connectivity index (χ0n) is 13.6. The largest absolute Gasteiger partial charge is 0.486 e. The van der Waals surface area contributed by atoms with Crippen LogP contribution in [0.3, 0.4) is 0 Å². The van der Waals surface area contributed by atoms with E-state index in [-0.39, 0.29) is 6.61 Å². The maximum atomic E-state index is 9.35. The van der Waals surface area contributed by atoms with Crippen LogP contribution in [0.1, 0.15) is 11.1 Å². The van der Waals surface area contributed by atoms with Gasteiger partial charge in [0.25, 0.3) is 0 Å². The summed E-state index contributed by atoms with van der Waals surface area (Å²) in [5, 5.41) is 9.92. The van der Waals surface area contributed by atoms with Crippen LogP contribution in [0.15, 0.2) is 42.5 Å². The summed E-state index contributed by atoms with van der Waals surface area (Å²) in [6.45, 7) is 3.41. The highest BCUT2D eigenvalue weighted by Gasteiger charge is 2.17. The number of fused-ring (bicyclic) bond motifs is 1. The lowest BCUT2D eigenvalue weighted by molar-refractivity contribution is 0.170. The summed E-state index contributed by atoms with van der Waals surface area (Å²) in [7, 11) is 0. The Kier molecular flexibility index (Phi) is 5.96. The number of aliphatic hydroxyl groups is 1. The third kappa shape index (κ3) is 4.41. The molecule has 1 heterocycles. The van der Waals surface area contributed by atoms with Crippen LogP contribution in [0.2, 0.25) is 5.02 Å². The van der Waals surface area contributed by atoms with Crippen molar-refractivity contribution in [2.75, 3.05) is 32.9 Å². The van der Waals surface area contributed by atoms with Crippen LogP contribution in [0.25, 0.3) is 0 Å². The molecule has 2 aromatic rings. The van der Waals surface area contributed by atoms with Crippen molar-refractivity contribution in [2.45, 2.75) is 13.0 Å². The van der Waals surface area contributed by atoms with Gasteiger partial charge in [0.15, 0.2) is 11.5 Å². The zero-order chi connectivity index (χ0) is 16.8. The van der Waals surface area contributed by atoms with E-state index in [1.165, 1.54) is 5.56 Å². The van der Waals surface area contributed by atoms with Crippen LogP contribution in [0.4, 0.5) is 0 Å². The Bertz CT molecular complexity index is 663. The molecular weight excluding hydrogens is 326 g/mol. The number of hydrogen-bond acceptors (Lipinski definition) is 4. The average molecular weight is 348 g/mol. The standard InChI is InChI=1S/C19H22ClNO3/c20-17-12-16(13-18-19(17)24-11-10-23-18)14-21(8-9-22)7-6-15-4-2-1-3-5-15/h1-5,12-13,22H,6-11,14H2. The lowest BCUT2D eigenvalue weighted by Crippen LogP contribution is -2.29. The molecule has 5 heteroatoms. The van der Waals surface area contributed by atoms with E-state index in [0.717, 1.165) is 18.5 Å². The Morgan fingerprint density at radius 2 is 1.79 bits per heavy atom. The predicted molar refractivity (Wildman–Crippen MR) is 95.0 cm³/mol. The smallest absolute Gasteiger partial charge is 0.179 e. The minimum absolute atomic E-state index is 0.132. The summed E-state index contributed by atoms with van der Waals surface area (Å²) in [5.41, 5.74) is 2.35. The van der Waals surface area contributed by atoms with Crippen molar-refractivity contribution in [3.8, 4) is 11.5 Å². The highest BCUT2D eigenvalue weighted by atomic mass is 35.5. The van der Waals surface area contributed by atoms with E-state index in [2.05, 4.69) is 17.0 Å². The van der Waals surface area contributed by atoms with E-state index in [0.29, 0.717) is 42.8 Å². The molecule has 0 saturated carbocycles. The van der Waals surface area contributed by atoms with Gasteiger partial charge in [-0.25, -0.2) is 0 Å². The molecule has 4 nitrogen and oxygen atoms in total. The van der Waals surface area contributed by atoms with Crippen molar-refractivity contribution in [1.29, 1.82) is 0 Å². The fraction of sp³-hybridized carbons (Fsp3) is 0.368. The number of hydrogen-bond donors (Lipinski definition) is 1. The molecule has 1 N–H and O–H groups in total. The van der Waals surface area contributed by atoms with E-state index in [4.69, 9.17) is 21.1 Å². The molecular formula is C19H22ClNO3. The van der Waals surface area contributed by atoms with Gasteiger partial charge in [-0.05, 0) is 29.7 Å². The van der Waals surface area contributed by atoms with Gasteiger partial charge < -0.3 is 14.6 Å². The second-order valence-corrected chi connectivity index (χ2v) is 6.24. The fourth-order valence-corrected chi connectivity index (χ4v) is 3.14. The van der Waals surface area contributed by atoms with Gasteiger partial charge in [0.05, 0.1) is 11.6 Å². The first-order valence-corrected chi connectivity index (χ1v) is 8.59. The summed E-state index contributed by atoms with van der Waals surface area (Å²) in [6, 6.07) is 14.3. The third-order valence-electron chi connectivity index (χ3n) is 4.04. The highest BCUT2D eigenvalue weighted by Crippen LogP contribution is 2.38. The Morgan fingerprint density at radius 1 is 1.00 bits per heavy atom. The summed E-state index contributed by atoms with van der Waals surface area (Å²) in [5.74, 6) is 1.33. The van der Waals surface area contributed by atoms with Gasteiger partial charge in [-0.1, -0.05) is 41.9 Å². The van der Waals surface area contributed by atoms with Crippen molar-refractivity contribution >= 4 is 11.6 Å². The molecule has 0 aromatic heterocycles. The lowest BCUT2D eigenvalue weighted by atomic mass is 10.1. The number of halogens is 1. The number of nitrogens with zero attached hydrogens (tertiary/aromatic N) is 1. The van der Waals surface area contributed by atoms with Crippen LogP contribution < -0.4 is 9.47 Å². The van der Waals surface area contributed by atoms with Crippen LogP contribution in [-0.4, -0.2) is 42.9 Å². The van der Waals surface area contributed by atoms with Gasteiger partial charge in [-0.3, -0.25) is 4.90 Å². The molecule has 0 bridgehead atoms. The molecule has 3 rings (SSSR count). The quantitative estimate of drug-likeness (QED) is 0.835. The van der Waals surface area contributed by atoms with E-state index in [1.54, 1.807) is 0 Å². The van der Waals surface area contributed by atoms with Crippen molar-refractivity contribution in [3.63, 3.8) is 0 Å². The van der Waals surface area contributed by atoms with E-state index >= 15 is 0 Å². The van der Waals surface area contributed by atoms with Gasteiger partial charge in [-0.15, -0.1) is 0 Å². The molecule has 0 aliphatic carbocycles. The predicted octanol–water partition coefficient (Wildman–Crippen LogP) is 3.15.